The van der Waals surface area contributed by atoms with E-state index in [0.717, 1.165) is 44.2 Å². The third kappa shape index (κ3) is 8.21. The third-order valence-electron chi connectivity index (χ3n) is 12.8. The van der Waals surface area contributed by atoms with E-state index in [4.69, 9.17) is 14.4 Å². The maximum atomic E-state index is 12.6. The molecule has 3 heterocycles. The van der Waals surface area contributed by atoms with Gasteiger partial charge in [0.25, 0.3) is 0 Å². The molecule has 0 aliphatic carbocycles. The Morgan fingerprint density at radius 1 is 0.415 bits per heavy atom. The van der Waals surface area contributed by atoms with Crippen molar-refractivity contribution in [1.82, 2.24) is 9.97 Å². The molecule has 3 aromatic heterocycles. The van der Waals surface area contributed by atoms with Crippen LogP contribution in [-0.4, -0.2) is 20.2 Å². The van der Waals surface area contributed by atoms with Crippen molar-refractivity contribution in [1.29, 1.82) is 0 Å². The number of rotatable bonds is 6. The van der Waals surface area contributed by atoms with Crippen molar-refractivity contribution < 1.29 is 14.6 Å². The van der Waals surface area contributed by atoms with Crippen LogP contribution < -0.4 is 0 Å². The summed E-state index contributed by atoms with van der Waals surface area (Å²) in [4.78, 5) is 10.6. The first-order valence-corrected chi connectivity index (χ1v) is 22.6. The first-order valence-electron chi connectivity index (χ1n) is 22.6. The lowest BCUT2D eigenvalue weighted by Crippen LogP contribution is -2.16. The van der Waals surface area contributed by atoms with E-state index in [9.17, 15) is 10.2 Å². The Balaban J connectivity index is 1.27. The van der Waals surface area contributed by atoms with Gasteiger partial charge in [-0.3, -0.25) is 0 Å². The van der Waals surface area contributed by atoms with E-state index in [1.54, 1.807) is 6.07 Å². The second-order valence-electron chi connectivity index (χ2n) is 20.8. The van der Waals surface area contributed by atoms with Crippen LogP contribution >= 0.6 is 0 Å². The van der Waals surface area contributed by atoms with Gasteiger partial charge in [-0.15, -0.1) is 0 Å². The minimum Gasteiger partial charge on any atom is -0.507 e. The summed E-state index contributed by atoms with van der Waals surface area (Å²) in [5.41, 5.74) is 16.7. The van der Waals surface area contributed by atoms with Gasteiger partial charge < -0.3 is 14.6 Å². The zero-order chi connectivity index (χ0) is 46.2. The number of para-hydroxylation sites is 1. The number of benzene rings is 6. The van der Waals surface area contributed by atoms with Gasteiger partial charge in [0.15, 0.2) is 0 Å². The molecule has 2 N–H and O–H groups in total. The zero-order valence-corrected chi connectivity index (χ0v) is 39.5. The van der Waals surface area contributed by atoms with E-state index in [1.807, 2.05) is 91.0 Å². The number of aromatic hydroxyl groups is 2. The van der Waals surface area contributed by atoms with Crippen molar-refractivity contribution >= 4 is 21.9 Å². The Morgan fingerprint density at radius 3 is 1.65 bits per heavy atom. The highest BCUT2D eigenvalue weighted by molar-refractivity contribution is 6.15. The first kappa shape index (κ1) is 43.3. The van der Waals surface area contributed by atoms with E-state index in [1.165, 1.54) is 27.8 Å². The number of hydrogen-bond donors (Lipinski definition) is 2. The van der Waals surface area contributed by atoms with Gasteiger partial charge >= 0.3 is 0 Å². The van der Waals surface area contributed by atoms with Gasteiger partial charge in [-0.05, 0) is 134 Å². The Kier molecular flexibility index (Phi) is 10.6. The van der Waals surface area contributed by atoms with Gasteiger partial charge in [0, 0.05) is 27.5 Å². The SMILES string of the molecule is Cc1cc(C(C)(C)C)cc(C)c1-c1ccc(O)c(-c2cccc(-c3cc(-c4cc(C(C)(C)C)cc(C(C)(C)C)c4)cc(-c4cc5oc6ccccc6c5c(-c5ccccc5)c4O)n3)n2)c1. The van der Waals surface area contributed by atoms with Crippen LogP contribution in [0.4, 0.5) is 0 Å². The average Bonchev–Trinajstić information content (AvgIpc) is 3.63. The molecule has 326 valence electrons. The summed E-state index contributed by atoms with van der Waals surface area (Å²) in [5.74, 6) is 0.267. The molecule has 0 aliphatic heterocycles. The second kappa shape index (κ2) is 15.9. The molecule has 0 radical (unpaired) electrons. The number of phenolic OH excluding ortho intramolecular Hbond substituents is 2. The van der Waals surface area contributed by atoms with Gasteiger partial charge in [-0.25, -0.2) is 9.97 Å². The molecule has 0 saturated carbocycles. The lowest BCUT2D eigenvalue weighted by molar-refractivity contribution is 0.477. The monoisotopic (exact) mass is 854 g/mol. The van der Waals surface area contributed by atoms with Crippen molar-refractivity contribution in [3.8, 4) is 78.8 Å². The summed E-state index contributed by atoms with van der Waals surface area (Å²) in [6.45, 7) is 24.5. The fraction of sp³-hybridized carbons (Fsp3) is 0.233. The van der Waals surface area contributed by atoms with E-state index >= 15 is 0 Å². The normalized spacial score (nSPS) is 12.4. The molecular weight excluding hydrogens is 797 g/mol. The lowest BCUT2D eigenvalue weighted by Gasteiger charge is -2.26. The molecule has 5 heteroatoms. The van der Waals surface area contributed by atoms with Crippen LogP contribution in [-0.2, 0) is 16.2 Å². The van der Waals surface area contributed by atoms with E-state index in [0.29, 0.717) is 45.0 Å². The van der Waals surface area contributed by atoms with Crippen LogP contribution in [0.3, 0.4) is 0 Å². The molecule has 0 saturated heterocycles. The standard InChI is InChI=1S/C60H58N2O3/c1-35-26-41(58(3,4)5)27-36(2)54(35)38-24-25-51(63)45(30-38)47-21-17-22-48(61-47)50-32-40(39-28-42(59(6,7)8)33-43(29-39)60(9,10)11)31-49(62-50)46-34-53-56(44-20-15-16-23-52(44)65-53)55(57(46)64)37-18-13-12-14-19-37/h12-34,63-64H,1-11H3. The number of furan rings is 1. The smallest absolute Gasteiger partial charge is 0.137 e. The summed E-state index contributed by atoms with van der Waals surface area (Å²) in [6.07, 6.45) is 0. The quantitative estimate of drug-likeness (QED) is 0.174. The number of hydrogen-bond acceptors (Lipinski definition) is 5. The highest BCUT2D eigenvalue weighted by Gasteiger charge is 2.25. The van der Waals surface area contributed by atoms with Crippen molar-refractivity contribution in [2.24, 2.45) is 0 Å². The molecule has 0 amide bonds. The lowest BCUT2D eigenvalue weighted by atomic mass is 9.79. The van der Waals surface area contributed by atoms with Crippen LogP contribution in [0.5, 0.6) is 11.5 Å². The highest BCUT2D eigenvalue weighted by atomic mass is 16.3. The molecule has 9 rings (SSSR count). The number of aryl methyl sites for hydroxylation is 2. The summed E-state index contributed by atoms with van der Waals surface area (Å²) in [5, 5.41) is 25.8. The molecule has 0 spiro atoms. The van der Waals surface area contributed by atoms with Crippen LogP contribution in [0, 0.1) is 13.8 Å². The molecule has 5 nitrogen and oxygen atoms in total. The summed E-state index contributed by atoms with van der Waals surface area (Å²) >= 11 is 0. The highest BCUT2D eigenvalue weighted by Crippen LogP contribution is 2.48. The van der Waals surface area contributed by atoms with E-state index in [2.05, 4.69) is 119 Å². The molecule has 0 unspecified atom stereocenters. The molecule has 6 aromatic carbocycles. The van der Waals surface area contributed by atoms with E-state index < -0.39 is 0 Å². The predicted molar refractivity (Wildman–Crippen MR) is 271 cm³/mol. The van der Waals surface area contributed by atoms with Crippen LogP contribution in [0.1, 0.15) is 90.1 Å². The molecule has 65 heavy (non-hydrogen) atoms. The zero-order valence-electron chi connectivity index (χ0n) is 39.5. The predicted octanol–water partition coefficient (Wildman–Crippen LogP) is 16.3. The van der Waals surface area contributed by atoms with Crippen molar-refractivity contribution in [3.05, 3.63) is 167 Å². The second-order valence-corrected chi connectivity index (χ2v) is 20.8. The van der Waals surface area contributed by atoms with Crippen molar-refractivity contribution in [2.45, 2.75) is 92.4 Å². The Labute approximate surface area is 383 Å². The molecule has 0 fully saturated rings. The van der Waals surface area contributed by atoms with Crippen molar-refractivity contribution in [2.75, 3.05) is 0 Å². The Bertz CT molecular complexity index is 3240. The van der Waals surface area contributed by atoms with Gasteiger partial charge in [-0.1, -0.05) is 153 Å². The summed E-state index contributed by atoms with van der Waals surface area (Å²) in [7, 11) is 0. The number of phenols is 2. The molecule has 0 aliphatic rings. The maximum Gasteiger partial charge on any atom is 0.137 e. The molecule has 0 atom stereocenters. The molecule has 9 aromatic rings. The van der Waals surface area contributed by atoms with Gasteiger partial charge in [-0.2, -0.15) is 0 Å². The molecular formula is C60H58N2O3. The maximum absolute atomic E-state index is 12.6. The van der Waals surface area contributed by atoms with Crippen molar-refractivity contribution in [3.63, 3.8) is 0 Å². The Hall–Kier alpha value is -6.98. The number of aromatic nitrogens is 2. The van der Waals surface area contributed by atoms with Crippen LogP contribution in [0.2, 0.25) is 0 Å². The largest absolute Gasteiger partial charge is 0.507 e. The topological polar surface area (TPSA) is 79.4 Å². The van der Waals surface area contributed by atoms with Gasteiger partial charge in [0.2, 0.25) is 0 Å². The Morgan fingerprint density at radius 2 is 0.985 bits per heavy atom. The summed E-state index contributed by atoms with van der Waals surface area (Å²) < 4.78 is 6.55. The number of fused-ring (bicyclic) bond motifs is 3. The summed E-state index contributed by atoms with van der Waals surface area (Å²) in [6, 6.07) is 47.1. The van der Waals surface area contributed by atoms with Gasteiger partial charge in [0.05, 0.1) is 22.8 Å². The fourth-order valence-corrected chi connectivity index (χ4v) is 9.06. The average molecular weight is 855 g/mol. The van der Waals surface area contributed by atoms with E-state index in [-0.39, 0.29) is 27.7 Å². The minimum atomic E-state index is -0.109. The number of nitrogens with zero attached hydrogens (tertiary/aromatic N) is 2. The first-order chi connectivity index (χ1) is 30.7. The van der Waals surface area contributed by atoms with Crippen LogP contribution in [0.25, 0.3) is 89.2 Å². The van der Waals surface area contributed by atoms with Gasteiger partial charge in [0.1, 0.15) is 22.7 Å². The minimum absolute atomic E-state index is 0.0249. The fourth-order valence-electron chi connectivity index (χ4n) is 9.06. The number of pyridine rings is 2. The van der Waals surface area contributed by atoms with Crippen LogP contribution in [0.15, 0.2) is 144 Å². The third-order valence-corrected chi connectivity index (χ3v) is 12.8. The molecule has 0 bridgehead atoms.